The largest absolute Gasteiger partial charge is 0.574 e. The van der Waals surface area contributed by atoms with Gasteiger partial charge in [-0.05, 0) is 12.5 Å². The van der Waals surface area contributed by atoms with E-state index in [2.05, 4.69) is 9.72 Å². The van der Waals surface area contributed by atoms with E-state index in [1.54, 1.807) is 6.92 Å². The Morgan fingerprint density at radius 3 is 2.43 bits per heavy atom. The van der Waals surface area contributed by atoms with Crippen molar-refractivity contribution >= 4 is 0 Å². The first-order chi connectivity index (χ1) is 6.38. The average molecular weight is 206 g/mol. The van der Waals surface area contributed by atoms with E-state index in [9.17, 15) is 13.2 Å². The van der Waals surface area contributed by atoms with Crippen LogP contribution in [-0.2, 0) is 0 Å². The van der Waals surface area contributed by atoms with E-state index in [0.717, 1.165) is 6.07 Å². The van der Waals surface area contributed by atoms with Crippen molar-refractivity contribution in [3.8, 4) is 5.88 Å². The van der Waals surface area contributed by atoms with Crippen LogP contribution in [0.1, 0.15) is 18.5 Å². The number of pyridine rings is 1. The maximum Gasteiger partial charge on any atom is 0.574 e. The summed E-state index contributed by atoms with van der Waals surface area (Å²) in [6, 6.07) is 2.31. The molecule has 0 aromatic carbocycles. The molecule has 14 heavy (non-hydrogen) atoms. The molecule has 0 aliphatic rings. The van der Waals surface area contributed by atoms with Crippen LogP contribution in [0.4, 0.5) is 13.2 Å². The van der Waals surface area contributed by atoms with Gasteiger partial charge in [0.2, 0.25) is 5.88 Å². The average Bonchev–Trinajstić information content (AvgIpc) is 2.02. The molecule has 0 aliphatic heterocycles. The Morgan fingerprint density at radius 1 is 1.43 bits per heavy atom. The summed E-state index contributed by atoms with van der Waals surface area (Å²) in [5.41, 5.74) is 6.14. The molecule has 1 aromatic heterocycles. The number of aromatic nitrogens is 1. The lowest BCUT2D eigenvalue weighted by atomic mass is 10.2. The molecular formula is C8H9F3N2O. The van der Waals surface area contributed by atoms with Crippen molar-refractivity contribution in [2.45, 2.75) is 19.3 Å². The Labute approximate surface area is 78.7 Å². The number of halogens is 3. The molecule has 0 spiro atoms. The molecule has 0 aliphatic carbocycles. The van der Waals surface area contributed by atoms with Gasteiger partial charge in [-0.2, -0.15) is 0 Å². The first-order valence-corrected chi connectivity index (χ1v) is 3.86. The lowest BCUT2D eigenvalue weighted by Gasteiger charge is -2.09. The third kappa shape index (κ3) is 3.21. The smallest absolute Gasteiger partial charge is 0.388 e. The van der Waals surface area contributed by atoms with Crippen LogP contribution in [0.2, 0.25) is 0 Å². The van der Waals surface area contributed by atoms with Gasteiger partial charge in [0.05, 0.1) is 0 Å². The van der Waals surface area contributed by atoms with Crippen molar-refractivity contribution in [1.82, 2.24) is 4.98 Å². The maximum atomic E-state index is 11.7. The van der Waals surface area contributed by atoms with Gasteiger partial charge in [-0.15, -0.1) is 13.2 Å². The summed E-state index contributed by atoms with van der Waals surface area (Å²) >= 11 is 0. The lowest BCUT2D eigenvalue weighted by molar-refractivity contribution is -0.276. The second kappa shape index (κ2) is 3.83. The highest BCUT2D eigenvalue weighted by Gasteiger charge is 2.31. The van der Waals surface area contributed by atoms with Crippen LogP contribution in [0, 0.1) is 0 Å². The van der Waals surface area contributed by atoms with Crippen LogP contribution in [0.5, 0.6) is 5.88 Å². The molecule has 0 amide bonds. The van der Waals surface area contributed by atoms with Gasteiger partial charge < -0.3 is 10.5 Å². The van der Waals surface area contributed by atoms with Crippen molar-refractivity contribution in [1.29, 1.82) is 0 Å². The Morgan fingerprint density at radius 2 is 2.07 bits per heavy atom. The third-order valence-electron chi connectivity index (χ3n) is 1.51. The molecule has 3 nitrogen and oxygen atoms in total. The standard InChI is InChI=1S/C8H9F3N2O/c1-5(12)6-2-3-7(13-4-6)14-8(9,10)11/h2-5H,12H2,1H3/t5-/m1/s1. The summed E-state index contributed by atoms with van der Waals surface area (Å²) in [4.78, 5) is 3.46. The maximum absolute atomic E-state index is 11.7. The van der Waals surface area contributed by atoms with E-state index in [1.165, 1.54) is 12.3 Å². The van der Waals surface area contributed by atoms with Crippen molar-refractivity contribution in [3.05, 3.63) is 23.9 Å². The highest BCUT2D eigenvalue weighted by atomic mass is 19.4. The molecule has 2 N–H and O–H groups in total. The molecule has 0 fully saturated rings. The summed E-state index contributed by atoms with van der Waals surface area (Å²) in [6.07, 6.45) is -3.45. The Kier molecular flexibility index (Phi) is 2.95. The monoisotopic (exact) mass is 206 g/mol. The SMILES string of the molecule is C[C@@H](N)c1ccc(OC(F)(F)F)nc1. The lowest BCUT2D eigenvalue weighted by Crippen LogP contribution is -2.18. The van der Waals surface area contributed by atoms with Crippen LogP contribution in [0.15, 0.2) is 18.3 Å². The van der Waals surface area contributed by atoms with Crippen molar-refractivity contribution in [2.75, 3.05) is 0 Å². The minimum absolute atomic E-state index is 0.262. The summed E-state index contributed by atoms with van der Waals surface area (Å²) in [5, 5.41) is 0. The minimum atomic E-state index is -4.71. The normalized spacial score (nSPS) is 13.8. The first-order valence-electron chi connectivity index (χ1n) is 3.86. The van der Waals surface area contributed by atoms with Crippen LogP contribution in [0.25, 0.3) is 0 Å². The van der Waals surface area contributed by atoms with Gasteiger partial charge in [-0.1, -0.05) is 6.07 Å². The molecule has 0 unspecified atom stereocenters. The first kappa shape index (κ1) is 10.8. The fourth-order valence-electron chi connectivity index (χ4n) is 0.840. The van der Waals surface area contributed by atoms with E-state index >= 15 is 0 Å². The quantitative estimate of drug-likeness (QED) is 0.805. The van der Waals surface area contributed by atoms with Crippen molar-refractivity contribution < 1.29 is 17.9 Å². The zero-order valence-corrected chi connectivity index (χ0v) is 7.38. The molecule has 1 aromatic rings. The van der Waals surface area contributed by atoms with Crippen molar-refractivity contribution in [3.63, 3.8) is 0 Å². The highest BCUT2D eigenvalue weighted by molar-refractivity contribution is 5.20. The molecule has 6 heteroatoms. The van der Waals surface area contributed by atoms with E-state index in [1.807, 2.05) is 0 Å². The predicted molar refractivity (Wildman–Crippen MR) is 43.5 cm³/mol. The molecule has 0 bridgehead atoms. The van der Waals surface area contributed by atoms with Gasteiger partial charge in [-0.25, -0.2) is 4.98 Å². The van der Waals surface area contributed by atoms with Gasteiger partial charge >= 0.3 is 6.36 Å². The summed E-state index contributed by atoms with van der Waals surface area (Å²) in [6.45, 7) is 1.71. The number of hydrogen-bond donors (Lipinski definition) is 1. The Bertz CT molecular complexity index is 294. The minimum Gasteiger partial charge on any atom is -0.388 e. The second-order valence-electron chi connectivity index (χ2n) is 2.77. The number of hydrogen-bond acceptors (Lipinski definition) is 3. The van der Waals surface area contributed by atoms with Gasteiger partial charge in [0.15, 0.2) is 0 Å². The van der Waals surface area contributed by atoms with Crippen LogP contribution < -0.4 is 10.5 Å². The third-order valence-corrected chi connectivity index (χ3v) is 1.51. The topological polar surface area (TPSA) is 48.1 Å². The van der Waals surface area contributed by atoms with Gasteiger partial charge in [-0.3, -0.25) is 0 Å². The number of ether oxygens (including phenoxy) is 1. The fraction of sp³-hybridized carbons (Fsp3) is 0.375. The zero-order chi connectivity index (χ0) is 10.8. The van der Waals surface area contributed by atoms with E-state index < -0.39 is 12.2 Å². The molecule has 1 rings (SSSR count). The van der Waals surface area contributed by atoms with Crippen LogP contribution in [0.3, 0.4) is 0 Å². The number of alkyl halides is 3. The van der Waals surface area contributed by atoms with E-state index in [0.29, 0.717) is 5.56 Å². The molecule has 0 saturated carbocycles. The van der Waals surface area contributed by atoms with E-state index in [4.69, 9.17) is 5.73 Å². The highest BCUT2D eigenvalue weighted by Crippen LogP contribution is 2.21. The molecule has 78 valence electrons. The van der Waals surface area contributed by atoms with Gasteiger partial charge in [0.1, 0.15) is 0 Å². The second-order valence-corrected chi connectivity index (χ2v) is 2.77. The Balaban J connectivity index is 2.74. The number of rotatable bonds is 2. The summed E-state index contributed by atoms with van der Waals surface area (Å²) in [7, 11) is 0. The molecule has 0 saturated heterocycles. The molecule has 0 radical (unpaired) electrons. The zero-order valence-electron chi connectivity index (χ0n) is 7.38. The van der Waals surface area contributed by atoms with E-state index in [-0.39, 0.29) is 6.04 Å². The fourth-order valence-corrected chi connectivity index (χ4v) is 0.840. The van der Waals surface area contributed by atoms with Crippen LogP contribution in [-0.4, -0.2) is 11.3 Å². The van der Waals surface area contributed by atoms with Gasteiger partial charge in [0.25, 0.3) is 0 Å². The Hall–Kier alpha value is -1.30. The molecule has 1 heterocycles. The summed E-state index contributed by atoms with van der Waals surface area (Å²) < 4.78 is 38.7. The molecule has 1 atom stereocenters. The van der Waals surface area contributed by atoms with Crippen molar-refractivity contribution in [2.24, 2.45) is 5.73 Å². The number of nitrogens with zero attached hydrogens (tertiary/aromatic N) is 1. The summed E-state index contributed by atoms with van der Waals surface area (Å²) in [5.74, 6) is -0.484. The van der Waals surface area contributed by atoms with Crippen LogP contribution >= 0.6 is 0 Å². The number of nitrogens with two attached hydrogens (primary N) is 1. The van der Waals surface area contributed by atoms with Gasteiger partial charge in [0, 0.05) is 18.3 Å². The molecular weight excluding hydrogens is 197 g/mol. The predicted octanol–water partition coefficient (Wildman–Crippen LogP) is 2.00.